The largest absolute Gasteiger partial charge is 0.490 e. The fourth-order valence-electron chi connectivity index (χ4n) is 2.40. The fourth-order valence-corrected chi connectivity index (χ4v) is 2.40. The predicted octanol–water partition coefficient (Wildman–Crippen LogP) is 3.88. The summed E-state index contributed by atoms with van der Waals surface area (Å²) in [6.45, 7) is 5.26. The van der Waals surface area contributed by atoms with E-state index < -0.39 is 6.43 Å². The summed E-state index contributed by atoms with van der Waals surface area (Å²) in [4.78, 5) is 1.93. The normalized spacial score (nSPS) is 13.3. The summed E-state index contributed by atoms with van der Waals surface area (Å²) in [5, 5.41) is 4.04. The molecule has 3 rings (SSSR count). The van der Waals surface area contributed by atoms with Crippen molar-refractivity contribution in [3.63, 3.8) is 0 Å². The Hall–Kier alpha value is -2.11. The fraction of sp³-hybridized carbons (Fsp3) is 0.438. The van der Waals surface area contributed by atoms with Crippen molar-refractivity contribution in [3.05, 3.63) is 30.1 Å². The first-order valence-corrected chi connectivity index (χ1v) is 7.35. The van der Waals surface area contributed by atoms with Crippen molar-refractivity contribution in [2.45, 2.75) is 20.3 Å². The van der Waals surface area contributed by atoms with E-state index in [9.17, 15) is 8.78 Å². The Labute approximate surface area is 129 Å². The Morgan fingerprint density at radius 3 is 2.55 bits per heavy atom. The number of aromatic nitrogens is 2. The van der Waals surface area contributed by atoms with Gasteiger partial charge in [0.05, 0.1) is 18.4 Å². The summed E-state index contributed by atoms with van der Waals surface area (Å²) >= 11 is 0. The molecule has 4 nitrogen and oxygen atoms in total. The van der Waals surface area contributed by atoms with E-state index in [1.807, 2.05) is 25.8 Å². The second kappa shape index (κ2) is 6.77. The van der Waals surface area contributed by atoms with Gasteiger partial charge in [0, 0.05) is 31.4 Å². The molecule has 0 bridgehead atoms. The van der Waals surface area contributed by atoms with Gasteiger partial charge in [0.1, 0.15) is 12.4 Å². The van der Waals surface area contributed by atoms with Crippen LogP contribution in [0, 0.1) is 0 Å². The lowest BCUT2D eigenvalue weighted by atomic mass is 10.0. The van der Waals surface area contributed by atoms with Gasteiger partial charge in [-0.15, -0.1) is 0 Å². The molecule has 0 saturated heterocycles. The lowest BCUT2D eigenvalue weighted by Gasteiger charge is -2.29. The van der Waals surface area contributed by atoms with E-state index in [0.717, 1.165) is 0 Å². The monoisotopic (exact) mass is 309 g/mol. The molecule has 22 heavy (non-hydrogen) atoms. The number of benzene rings is 1. The number of anilines is 1. The van der Waals surface area contributed by atoms with Gasteiger partial charge in [0.15, 0.2) is 0 Å². The van der Waals surface area contributed by atoms with E-state index >= 15 is 0 Å². The highest BCUT2D eigenvalue weighted by Gasteiger charge is 2.23. The highest BCUT2D eigenvalue weighted by atomic mass is 19.3. The third kappa shape index (κ3) is 3.05. The van der Waals surface area contributed by atoms with Crippen LogP contribution in [-0.4, -0.2) is 30.0 Å². The first-order valence-electron chi connectivity index (χ1n) is 7.35. The van der Waals surface area contributed by atoms with Gasteiger partial charge >= 0.3 is 0 Å². The lowest BCUT2D eigenvalue weighted by Crippen LogP contribution is -2.29. The molecular weight excluding hydrogens is 288 g/mol. The summed E-state index contributed by atoms with van der Waals surface area (Å²) in [6.07, 6.45) is 0.770. The van der Waals surface area contributed by atoms with Crippen molar-refractivity contribution >= 4 is 5.69 Å². The molecule has 0 saturated carbocycles. The molecule has 0 spiro atoms. The molecule has 2 aromatic rings. The number of fused-ring (bicyclic) bond motifs is 1. The summed E-state index contributed by atoms with van der Waals surface area (Å²) in [6, 6.07) is 3.20. The molecule has 0 aliphatic carbocycles. The maximum absolute atomic E-state index is 13.3. The summed E-state index contributed by atoms with van der Waals surface area (Å²) in [7, 11) is 3.63. The van der Waals surface area contributed by atoms with Gasteiger partial charge in [0.2, 0.25) is 0 Å². The quantitative estimate of drug-likeness (QED) is 0.843. The van der Waals surface area contributed by atoms with Crippen LogP contribution >= 0.6 is 0 Å². The van der Waals surface area contributed by atoms with E-state index in [-0.39, 0.29) is 5.56 Å². The van der Waals surface area contributed by atoms with Crippen LogP contribution in [0.4, 0.5) is 14.5 Å². The summed E-state index contributed by atoms with van der Waals surface area (Å²) < 4.78 is 33.8. The number of rotatable bonds is 2. The molecule has 0 amide bonds. The molecule has 2 heterocycles. The number of hydrogen-bond donors (Lipinski definition) is 0. The number of hydrogen-bond acceptors (Lipinski definition) is 3. The minimum absolute atomic E-state index is 0.00843. The number of aryl methyl sites for hydroxylation is 1. The number of likely N-dealkylation sites (N-methyl/N-ethyl adjacent to an activating group) is 1. The summed E-state index contributed by atoms with van der Waals surface area (Å²) in [5.41, 5.74) is 1.86. The number of halogens is 2. The first kappa shape index (κ1) is 16.3. The van der Waals surface area contributed by atoms with E-state index in [1.165, 1.54) is 6.07 Å². The Bertz CT molecular complexity index is 640. The Morgan fingerprint density at radius 1 is 1.23 bits per heavy atom. The van der Waals surface area contributed by atoms with Crippen LogP contribution in [-0.2, 0) is 7.05 Å². The Morgan fingerprint density at radius 2 is 1.95 bits per heavy atom. The standard InChI is InChI=1S/C14H15F2N3O.C2H6/c1-18-3-4-20-13-6-10(9-7-17-19(2)8-9)11(14(15)16)5-12(13)18;1-2/h5-8,14H,3-4H2,1-2H3;1-2H3. The topological polar surface area (TPSA) is 30.3 Å². The number of ether oxygens (including phenoxy) is 1. The minimum atomic E-state index is -2.54. The van der Waals surface area contributed by atoms with Crippen LogP contribution in [0.25, 0.3) is 11.1 Å². The SMILES string of the molecule is CC.CN1CCOc2cc(-c3cnn(C)c3)c(C(F)F)cc21. The zero-order valence-electron chi connectivity index (χ0n) is 13.3. The zero-order valence-corrected chi connectivity index (χ0v) is 13.3. The van der Waals surface area contributed by atoms with Crippen LogP contribution in [0.2, 0.25) is 0 Å². The summed E-state index contributed by atoms with van der Waals surface area (Å²) in [5.74, 6) is 0.641. The average Bonchev–Trinajstić information content (AvgIpc) is 2.95. The van der Waals surface area contributed by atoms with Gasteiger partial charge in [-0.3, -0.25) is 4.68 Å². The van der Waals surface area contributed by atoms with Gasteiger partial charge in [-0.1, -0.05) is 13.8 Å². The molecule has 1 aromatic carbocycles. The van der Waals surface area contributed by atoms with Gasteiger partial charge in [-0.25, -0.2) is 8.78 Å². The van der Waals surface area contributed by atoms with Crippen LogP contribution in [0.3, 0.4) is 0 Å². The van der Waals surface area contributed by atoms with E-state index in [4.69, 9.17) is 4.74 Å². The van der Waals surface area contributed by atoms with E-state index in [2.05, 4.69) is 5.10 Å². The molecule has 120 valence electrons. The molecular formula is C16H21F2N3O. The highest BCUT2D eigenvalue weighted by Crippen LogP contribution is 2.41. The molecule has 1 aliphatic heterocycles. The minimum Gasteiger partial charge on any atom is -0.490 e. The molecule has 0 radical (unpaired) electrons. The van der Waals surface area contributed by atoms with Crippen molar-refractivity contribution in [1.82, 2.24) is 9.78 Å². The third-order valence-electron chi connectivity index (χ3n) is 3.48. The second-order valence-corrected chi connectivity index (χ2v) is 4.88. The Balaban J connectivity index is 0.000000847. The smallest absolute Gasteiger partial charge is 0.264 e. The van der Waals surface area contributed by atoms with Crippen LogP contribution < -0.4 is 9.64 Å². The molecule has 0 N–H and O–H groups in total. The van der Waals surface area contributed by atoms with E-state index in [1.54, 1.807) is 30.2 Å². The second-order valence-electron chi connectivity index (χ2n) is 4.88. The lowest BCUT2D eigenvalue weighted by molar-refractivity contribution is 0.152. The average molecular weight is 309 g/mol. The van der Waals surface area contributed by atoms with Crippen molar-refractivity contribution in [2.75, 3.05) is 25.1 Å². The molecule has 6 heteroatoms. The van der Waals surface area contributed by atoms with Crippen LogP contribution in [0.15, 0.2) is 24.5 Å². The maximum Gasteiger partial charge on any atom is 0.264 e. The van der Waals surface area contributed by atoms with Crippen LogP contribution in [0.1, 0.15) is 25.8 Å². The molecule has 1 aliphatic rings. The number of alkyl halides is 2. The predicted molar refractivity (Wildman–Crippen MR) is 83.7 cm³/mol. The van der Waals surface area contributed by atoms with Crippen molar-refractivity contribution < 1.29 is 13.5 Å². The van der Waals surface area contributed by atoms with E-state index in [0.29, 0.717) is 35.7 Å². The van der Waals surface area contributed by atoms with Crippen molar-refractivity contribution in [1.29, 1.82) is 0 Å². The highest BCUT2D eigenvalue weighted by molar-refractivity contribution is 5.75. The van der Waals surface area contributed by atoms with Gasteiger partial charge in [-0.05, 0) is 17.7 Å². The van der Waals surface area contributed by atoms with Gasteiger partial charge in [-0.2, -0.15) is 5.10 Å². The van der Waals surface area contributed by atoms with Crippen molar-refractivity contribution in [2.24, 2.45) is 7.05 Å². The van der Waals surface area contributed by atoms with Gasteiger partial charge < -0.3 is 9.64 Å². The first-order chi connectivity index (χ1) is 10.6. The molecule has 0 unspecified atom stereocenters. The van der Waals surface area contributed by atoms with Crippen molar-refractivity contribution in [3.8, 4) is 16.9 Å². The molecule has 0 atom stereocenters. The number of nitrogens with zero attached hydrogens (tertiary/aromatic N) is 3. The molecule has 1 aromatic heterocycles. The maximum atomic E-state index is 13.3. The Kier molecular flexibility index (Phi) is 5.00. The third-order valence-corrected chi connectivity index (χ3v) is 3.48. The molecule has 0 fully saturated rings. The van der Waals surface area contributed by atoms with Crippen LogP contribution in [0.5, 0.6) is 5.75 Å². The zero-order chi connectivity index (χ0) is 16.3. The van der Waals surface area contributed by atoms with Gasteiger partial charge in [0.25, 0.3) is 6.43 Å².